The molecule has 7 nitrogen and oxygen atoms in total. The maximum Gasteiger partial charge on any atom is 0.282 e. The lowest BCUT2D eigenvalue weighted by Gasteiger charge is -2.36. The van der Waals surface area contributed by atoms with E-state index in [0.29, 0.717) is 10.6 Å². The summed E-state index contributed by atoms with van der Waals surface area (Å²) in [6.45, 7) is 5.42. The van der Waals surface area contributed by atoms with Gasteiger partial charge < -0.3 is 25.6 Å². The molecule has 1 saturated heterocycles. The van der Waals surface area contributed by atoms with Crippen LogP contribution in [0.1, 0.15) is 17.3 Å². The highest BCUT2D eigenvalue weighted by atomic mass is 32.1. The topological polar surface area (TPSA) is 89.1 Å². The van der Waals surface area contributed by atoms with E-state index in [-0.39, 0.29) is 11.9 Å². The summed E-state index contributed by atoms with van der Waals surface area (Å²) in [5.41, 5.74) is 6.86. The van der Waals surface area contributed by atoms with Crippen molar-refractivity contribution in [1.29, 1.82) is 0 Å². The molecule has 0 aliphatic carbocycles. The molecule has 8 heteroatoms. The fourth-order valence-electron chi connectivity index (χ4n) is 3.28. The number of rotatable bonds is 6. The van der Waals surface area contributed by atoms with Crippen LogP contribution in [-0.2, 0) is 4.79 Å². The largest absolute Gasteiger partial charge is 0.497 e. The zero-order chi connectivity index (χ0) is 19.4. The van der Waals surface area contributed by atoms with E-state index in [1.807, 2.05) is 19.1 Å². The number of piperazine rings is 1. The lowest BCUT2D eigenvalue weighted by Crippen LogP contribution is -3.19. The van der Waals surface area contributed by atoms with Gasteiger partial charge in [0.25, 0.3) is 11.8 Å². The van der Waals surface area contributed by atoms with Crippen molar-refractivity contribution in [2.75, 3.05) is 43.5 Å². The second-order valence-electron chi connectivity index (χ2n) is 6.58. The van der Waals surface area contributed by atoms with Crippen LogP contribution < -0.4 is 25.6 Å². The third-order valence-electron chi connectivity index (χ3n) is 5.02. The van der Waals surface area contributed by atoms with E-state index in [0.717, 1.165) is 37.6 Å². The molecule has 1 atom stereocenters. The number of anilines is 2. The monoisotopic (exact) mass is 389 g/mol. The van der Waals surface area contributed by atoms with Crippen LogP contribution >= 0.6 is 11.3 Å². The van der Waals surface area contributed by atoms with Crippen LogP contribution in [0.5, 0.6) is 5.75 Å². The van der Waals surface area contributed by atoms with Gasteiger partial charge in [-0.05, 0) is 42.6 Å². The molecule has 0 spiro atoms. The molecular weight excluding hydrogens is 364 g/mol. The average molecular weight is 390 g/mol. The standard InChI is InChI=1S/C19H24N4O3S/c1-13(18(25)21-19-16(17(20)24)7-12-27-19)22-8-10-23(11-9-22)14-3-5-15(26-2)6-4-14/h3-7,12-13H,8-11H2,1-2H3,(H2,20,24)(H,21,25)/p+1/t13-/m1/s1. The average Bonchev–Trinajstić information content (AvgIpc) is 3.16. The summed E-state index contributed by atoms with van der Waals surface area (Å²) in [5.74, 6) is 0.227. The van der Waals surface area contributed by atoms with Crippen molar-refractivity contribution in [3.05, 3.63) is 41.3 Å². The summed E-state index contributed by atoms with van der Waals surface area (Å²) in [6.07, 6.45) is 0. The summed E-state index contributed by atoms with van der Waals surface area (Å²) in [4.78, 5) is 27.6. The number of hydrogen-bond acceptors (Lipinski definition) is 5. The number of carbonyl (C=O) groups excluding carboxylic acids is 2. The summed E-state index contributed by atoms with van der Waals surface area (Å²) in [6, 6.07) is 9.47. The fraction of sp³-hybridized carbons (Fsp3) is 0.368. The Hall–Kier alpha value is -2.58. The minimum Gasteiger partial charge on any atom is -0.497 e. The highest BCUT2D eigenvalue weighted by Crippen LogP contribution is 2.22. The van der Waals surface area contributed by atoms with Crippen molar-refractivity contribution in [3.63, 3.8) is 0 Å². The minimum atomic E-state index is -0.528. The molecule has 2 heterocycles. The predicted octanol–water partition coefficient (Wildman–Crippen LogP) is 0.588. The maximum atomic E-state index is 12.6. The van der Waals surface area contributed by atoms with Crippen molar-refractivity contribution < 1.29 is 19.2 Å². The van der Waals surface area contributed by atoms with E-state index < -0.39 is 5.91 Å². The summed E-state index contributed by atoms with van der Waals surface area (Å²) >= 11 is 1.31. The number of thiophene rings is 1. The number of methoxy groups -OCH3 is 1. The van der Waals surface area contributed by atoms with Gasteiger partial charge in [0.2, 0.25) is 0 Å². The number of nitrogens with zero attached hydrogens (tertiary/aromatic N) is 1. The Balaban J connectivity index is 1.55. The predicted molar refractivity (Wildman–Crippen MR) is 107 cm³/mol. The van der Waals surface area contributed by atoms with Gasteiger partial charge in [0.05, 0.1) is 38.9 Å². The number of ether oxygens (including phenoxy) is 1. The van der Waals surface area contributed by atoms with Crippen LogP contribution in [0.3, 0.4) is 0 Å². The highest BCUT2D eigenvalue weighted by Gasteiger charge is 2.30. The first-order valence-electron chi connectivity index (χ1n) is 8.91. The quantitative estimate of drug-likeness (QED) is 0.675. The van der Waals surface area contributed by atoms with Gasteiger partial charge in [0.15, 0.2) is 6.04 Å². The van der Waals surface area contributed by atoms with E-state index in [9.17, 15) is 9.59 Å². The van der Waals surface area contributed by atoms with Crippen LogP contribution in [0, 0.1) is 0 Å². The highest BCUT2D eigenvalue weighted by molar-refractivity contribution is 7.14. The Kier molecular flexibility index (Phi) is 5.98. The number of primary amides is 1. The van der Waals surface area contributed by atoms with Gasteiger partial charge in [-0.1, -0.05) is 0 Å². The molecule has 1 fully saturated rings. The lowest BCUT2D eigenvalue weighted by atomic mass is 10.2. The Bertz CT molecular complexity index is 798. The molecule has 0 saturated carbocycles. The summed E-state index contributed by atoms with van der Waals surface area (Å²) in [5, 5.41) is 5.13. The van der Waals surface area contributed by atoms with Gasteiger partial charge in [0, 0.05) is 5.69 Å². The normalized spacial score (nSPS) is 16.0. The molecule has 0 bridgehead atoms. The van der Waals surface area contributed by atoms with Gasteiger partial charge in [0.1, 0.15) is 10.8 Å². The molecule has 1 aromatic heterocycles. The third-order valence-corrected chi connectivity index (χ3v) is 5.85. The van der Waals surface area contributed by atoms with Crippen molar-refractivity contribution in [2.45, 2.75) is 13.0 Å². The second-order valence-corrected chi connectivity index (χ2v) is 7.50. The number of hydrogen-bond donors (Lipinski definition) is 3. The lowest BCUT2D eigenvalue weighted by molar-refractivity contribution is -0.914. The number of benzene rings is 1. The van der Waals surface area contributed by atoms with E-state index >= 15 is 0 Å². The molecule has 27 heavy (non-hydrogen) atoms. The van der Waals surface area contributed by atoms with Crippen LogP contribution in [0.25, 0.3) is 0 Å². The van der Waals surface area contributed by atoms with E-state index in [1.165, 1.54) is 16.2 Å². The zero-order valence-corrected chi connectivity index (χ0v) is 16.3. The number of quaternary nitrogens is 1. The molecule has 2 aromatic rings. The van der Waals surface area contributed by atoms with Crippen LogP contribution in [-0.4, -0.2) is 51.1 Å². The third kappa shape index (κ3) is 4.40. The van der Waals surface area contributed by atoms with Gasteiger partial charge >= 0.3 is 0 Å². The number of amides is 2. The molecule has 0 radical (unpaired) electrons. The molecule has 0 unspecified atom stereocenters. The molecule has 1 aliphatic rings. The number of carbonyl (C=O) groups is 2. The first kappa shape index (κ1) is 19.2. The smallest absolute Gasteiger partial charge is 0.282 e. The second kappa shape index (κ2) is 8.41. The number of nitrogens with two attached hydrogens (primary N) is 1. The van der Waals surface area contributed by atoms with Crippen LogP contribution in [0.15, 0.2) is 35.7 Å². The molecule has 144 valence electrons. The van der Waals surface area contributed by atoms with Gasteiger partial charge in [-0.2, -0.15) is 0 Å². The van der Waals surface area contributed by atoms with Gasteiger partial charge in [-0.3, -0.25) is 9.59 Å². The molecule has 1 aliphatic heterocycles. The van der Waals surface area contributed by atoms with E-state index in [4.69, 9.17) is 10.5 Å². The van der Waals surface area contributed by atoms with Crippen molar-refractivity contribution in [2.24, 2.45) is 5.73 Å². The van der Waals surface area contributed by atoms with Crippen molar-refractivity contribution in [3.8, 4) is 5.75 Å². The van der Waals surface area contributed by atoms with E-state index in [1.54, 1.807) is 18.6 Å². The zero-order valence-electron chi connectivity index (χ0n) is 15.5. The number of nitrogens with one attached hydrogen (secondary N) is 2. The molecule has 2 amide bonds. The fourth-order valence-corrected chi connectivity index (χ4v) is 4.08. The Morgan fingerprint density at radius 2 is 1.89 bits per heavy atom. The molecular formula is C19H25N4O3S+. The Morgan fingerprint density at radius 1 is 1.22 bits per heavy atom. The molecule has 3 rings (SSSR count). The molecule has 4 N–H and O–H groups in total. The molecule has 1 aromatic carbocycles. The van der Waals surface area contributed by atoms with E-state index in [2.05, 4.69) is 22.3 Å². The van der Waals surface area contributed by atoms with Crippen LogP contribution in [0.2, 0.25) is 0 Å². The summed E-state index contributed by atoms with van der Waals surface area (Å²) in [7, 11) is 1.66. The maximum absolute atomic E-state index is 12.6. The first-order valence-corrected chi connectivity index (χ1v) is 9.79. The first-order chi connectivity index (χ1) is 13.0. The SMILES string of the molecule is COc1ccc(N2CC[NH+]([C@H](C)C(=O)Nc3sccc3C(N)=O)CC2)cc1. The van der Waals surface area contributed by atoms with Gasteiger partial charge in [-0.15, -0.1) is 11.3 Å². The van der Waals surface area contributed by atoms with Gasteiger partial charge in [-0.25, -0.2) is 0 Å². The van der Waals surface area contributed by atoms with Crippen molar-refractivity contribution >= 4 is 33.8 Å². The summed E-state index contributed by atoms with van der Waals surface area (Å²) < 4.78 is 5.20. The van der Waals surface area contributed by atoms with Crippen LogP contribution in [0.4, 0.5) is 10.7 Å². The minimum absolute atomic E-state index is 0.0900. The Labute approximate surface area is 162 Å². The van der Waals surface area contributed by atoms with Crippen molar-refractivity contribution in [1.82, 2.24) is 0 Å². The Morgan fingerprint density at radius 3 is 2.48 bits per heavy atom.